The highest BCUT2D eigenvalue weighted by Gasteiger charge is 2.17. The lowest BCUT2D eigenvalue weighted by Gasteiger charge is -2.17. The molecule has 1 heterocycles. The van der Waals surface area contributed by atoms with Crippen LogP contribution in [-0.4, -0.2) is 13.0 Å². The lowest BCUT2D eigenvalue weighted by atomic mass is 10.0. The molecule has 1 N–H and O–H groups in total. The van der Waals surface area contributed by atoms with Crippen LogP contribution in [-0.2, 0) is 6.42 Å². The van der Waals surface area contributed by atoms with Crippen LogP contribution >= 0.6 is 11.3 Å². The third kappa shape index (κ3) is 3.50. The average Bonchev–Trinajstić information content (AvgIpc) is 2.88. The second-order valence-corrected chi connectivity index (χ2v) is 6.74. The van der Waals surface area contributed by atoms with Gasteiger partial charge in [0.05, 0.1) is 18.0 Å². The molecule has 0 unspecified atom stereocenters. The van der Waals surface area contributed by atoms with Gasteiger partial charge in [0.15, 0.2) is 0 Å². The molecule has 4 heteroatoms. The maximum atomic E-state index is 12.5. The molecule has 1 atom stereocenters. The van der Waals surface area contributed by atoms with E-state index in [-0.39, 0.29) is 11.9 Å². The first-order chi connectivity index (χ1) is 10.5. The molecule has 2 aromatic rings. The van der Waals surface area contributed by atoms with Crippen LogP contribution in [0.4, 0.5) is 0 Å². The smallest absolute Gasteiger partial charge is 0.261 e. The summed E-state index contributed by atoms with van der Waals surface area (Å²) in [6.45, 7) is 8.19. The quantitative estimate of drug-likeness (QED) is 0.886. The van der Waals surface area contributed by atoms with Crippen molar-refractivity contribution in [3.05, 3.63) is 50.7 Å². The molecule has 1 amide bonds. The molecule has 118 valence electrons. The molecule has 0 aliphatic rings. The number of hydrogen-bond donors (Lipinski definition) is 1. The molecule has 0 radical (unpaired) electrons. The molecular formula is C18H23NO2S. The van der Waals surface area contributed by atoms with Gasteiger partial charge in [-0.1, -0.05) is 24.6 Å². The molecule has 0 fully saturated rings. The molecule has 2 rings (SSSR count). The zero-order chi connectivity index (χ0) is 16.3. The van der Waals surface area contributed by atoms with Crippen LogP contribution in [0.5, 0.6) is 5.75 Å². The fourth-order valence-electron chi connectivity index (χ4n) is 2.52. The van der Waals surface area contributed by atoms with Crippen molar-refractivity contribution in [1.29, 1.82) is 0 Å². The molecule has 0 aliphatic carbocycles. The van der Waals surface area contributed by atoms with E-state index in [4.69, 9.17) is 4.74 Å². The molecule has 0 saturated carbocycles. The van der Waals surface area contributed by atoms with Gasteiger partial charge in [-0.3, -0.25) is 4.79 Å². The number of benzene rings is 1. The minimum Gasteiger partial charge on any atom is -0.496 e. The van der Waals surface area contributed by atoms with Crippen LogP contribution in [0.3, 0.4) is 0 Å². The maximum Gasteiger partial charge on any atom is 0.261 e. The van der Waals surface area contributed by atoms with E-state index in [0.717, 1.165) is 28.2 Å². The molecule has 3 nitrogen and oxygen atoms in total. The summed E-state index contributed by atoms with van der Waals surface area (Å²) in [4.78, 5) is 14.4. The van der Waals surface area contributed by atoms with Crippen molar-refractivity contribution < 1.29 is 9.53 Å². The summed E-state index contributed by atoms with van der Waals surface area (Å²) in [7, 11) is 1.65. The largest absolute Gasteiger partial charge is 0.496 e. The number of aryl methyl sites for hydroxylation is 3. The highest BCUT2D eigenvalue weighted by molar-refractivity contribution is 7.14. The van der Waals surface area contributed by atoms with Crippen molar-refractivity contribution in [3.8, 4) is 5.75 Å². The van der Waals surface area contributed by atoms with Crippen molar-refractivity contribution in [1.82, 2.24) is 5.32 Å². The zero-order valence-electron chi connectivity index (χ0n) is 13.8. The minimum absolute atomic E-state index is 0.0242. The van der Waals surface area contributed by atoms with E-state index in [1.54, 1.807) is 18.4 Å². The monoisotopic (exact) mass is 317 g/mol. The van der Waals surface area contributed by atoms with Crippen LogP contribution in [0.15, 0.2) is 24.3 Å². The molecule has 0 bridgehead atoms. The Kier molecular flexibility index (Phi) is 5.24. The number of methoxy groups -OCH3 is 1. The zero-order valence-corrected chi connectivity index (χ0v) is 14.6. The van der Waals surface area contributed by atoms with Gasteiger partial charge < -0.3 is 10.1 Å². The second kappa shape index (κ2) is 6.97. The highest BCUT2D eigenvalue weighted by Crippen LogP contribution is 2.27. The number of carbonyl (C=O) groups is 1. The molecule has 1 aromatic heterocycles. The number of amides is 1. The van der Waals surface area contributed by atoms with Crippen molar-refractivity contribution in [2.24, 2.45) is 0 Å². The van der Waals surface area contributed by atoms with Gasteiger partial charge in [-0.15, -0.1) is 11.3 Å². The number of rotatable bonds is 5. The first-order valence-electron chi connectivity index (χ1n) is 7.51. The van der Waals surface area contributed by atoms with E-state index < -0.39 is 0 Å². The molecule has 1 aromatic carbocycles. The second-order valence-electron chi connectivity index (χ2n) is 5.49. The van der Waals surface area contributed by atoms with Crippen molar-refractivity contribution >= 4 is 17.2 Å². The van der Waals surface area contributed by atoms with Gasteiger partial charge in [-0.2, -0.15) is 0 Å². The summed E-state index contributed by atoms with van der Waals surface area (Å²) in [5.41, 5.74) is 3.40. The number of thiophene rings is 1. The fraction of sp³-hybridized carbons (Fsp3) is 0.389. The summed E-state index contributed by atoms with van der Waals surface area (Å²) in [6.07, 6.45) is 0.955. The Morgan fingerprint density at radius 1 is 1.32 bits per heavy atom. The minimum atomic E-state index is -0.102. The Labute approximate surface area is 136 Å². The summed E-state index contributed by atoms with van der Waals surface area (Å²) in [5, 5.41) is 3.07. The molecule has 22 heavy (non-hydrogen) atoms. The van der Waals surface area contributed by atoms with Crippen LogP contribution < -0.4 is 10.1 Å². The summed E-state index contributed by atoms with van der Waals surface area (Å²) in [6, 6.07) is 7.90. The van der Waals surface area contributed by atoms with Gasteiger partial charge in [0.25, 0.3) is 5.91 Å². The summed E-state index contributed by atoms with van der Waals surface area (Å²) >= 11 is 1.55. The first kappa shape index (κ1) is 16.6. The number of nitrogens with one attached hydrogen (secondary N) is 1. The lowest BCUT2D eigenvalue weighted by molar-refractivity contribution is 0.0943. The fourth-order valence-corrected chi connectivity index (χ4v) is 3.54. The Hall–Kier alpha value is -1.81. The molecule has 0 aliphatic heterocycles. The third-order valence-corrected chi connectivity index (χ3v) is 4.92. The van der Waals surface area contributed by atoms with Crippen LogP contribution in [0.2, 0.25) is 0 Å². The normalized spacial score (nSPS) is 12.0. The number of ether oxygens (including phenoxy) is 1. The van der Waals surface area contributed by atoms with Crippen molar-refractivity contribution in [3.63, 3.8) is 0 Å². The third-order valence-electron chi connectivity index (χ3n) is 3.82. The van der Waals surface area contributed by atoms with Crippen LogP contribution in [0.25, 0.3) is 0 Å². The first-order valence-corrected chi connectivity index (χ1v) is 8.32. The van der Waals surface area contributed by atoms with Crippen molar-refractivity contribution in [2.75, 3.05) is 7.11 Å². The molecule has 0 saturated heterocycles. The standard InChI is InChI=1S/C18H23NO2S/c1-6-14-10-17(22-13(14)4)18(20)19-12(3)15-9-11(2)7-8-16(15)21-5/h7-10,12H,6H2,1-5H3,(H,19,20)/t12-/m0/s1. The van der Waals surface area contributed by atoms with Gasteiger partial charge in [0.1, 0.15) is 5.75 Å². The van der Waals surface area contributed by atoms with Gasteiger partial charge in [-0.05, 0) is 44.9 Å². The van der Waals surface area contributed by atoms with E-state index in [1.165, 1.54) is 10.4 Å². The predicted octanol–water partition coefficient (Wildman–Crippen LogP) is 4.43. The predicted molar refractivity (Wildman–Crippen MR) is 92.0 cm³/mol. The highest BCUT2D eigenvalue weighted by atomic mass is 32.1. The Bertz CT molecular complexity index is 676. The van der Waals surface area contributed by atoms with Gasteiger partial charge in [0.2, 0.25) is 0 Å². The van der Waals surface area contributed by atoms with E-state index in [9.17, 15) is 4.79 Å². The van der Waals surface area contributed by atoms with Gasteiger partial charge in [-0.25, -0.2) is 0 Å². The van der Waals surface area contributed by atoms with E-state index >= 15 is 0 Å². The van der Waals surface area contributed by atoms with E-state index in [0.29, 0.717) is 0 Å². The average molecular weight is 317 g/mol. The topological polar surface area (TPSA) is 38.3 Å². The Morgan fingerprint density at radius 2 is 2.05 bits per heavy atom. The van der Waals surface area contributed by atoms with Gasteiger partial charge >= 0.3 is 0 Å². The van der Waals surface area contributed by atoms with E-state index in [1.807, 2.05) is 32.0 Å². The summed E-state index contributed by atoms with van der Waals surface area (Å²) < 4.78 is 5.40. The summed E-state index contributed by atoms with van der Waals surface area (Å²) in [5.74, 6) is 0.777. The number of carbonyl (C=O) groups excluding carboxylic acids is 1. The SMILES string of the molecule is CCc1cc(C(=O)N[C@@H](C)c2cc(C)ccc2OC)sc1C. The maximum absolute atomic E-state index is 12.5. The van der Waals surface area contributed by atoms with Crippen LogP contribution in [0.1, 0.15) is 51.1 Å². The van der Waals surface area contributed by atoms with Crippen molar-refractivity contribution in [2.45, 2.75) is 40.2 Å². The van der Waals surface area contributed by atoms with Gasteiger partial charge in [0, 0.05) is 10.4 Å². The molecule has 0 spiro atoms. The van der Waals surface area contributed by atoms with Crippen LogP contribution in [0, 0.1) is 13.8 Å². The Balaban J connectivity index is 2.19. The Morgan fingerprint density at radius 3 is 2.64 bits per heavy atom. The van der Waals surface area contributed by atoms with E-state index in [2.05, 4.69) is 25.2 Å². The lowest BCUT2D eigenvalue weighted by Crippen LogP contribution is -2.26. The number of hydrogen-bond acceptors (Lipinski definition) is 3. The molecular weight excluding hydrogens is 294 g/mol.